The van der Waals surface area contributed by atoms with Gasteiger partial charge in [-0.1, -0.05) is 311 Å². The quantitative estimate of drug-likeness (QED) is 0.133. The molecule has 540 valence electrons. The lowest BCUT2D eigenvalue weighted by molar-refractivity contribution is 0.587. The number of hydrogen-bond acceptors (Lipinski definition) is 5. The zero-order valence-corrected chi connectivity index (χ0v) is 68.1. The largest absolute Gasteiger partial charge is 0.464 e. The van der Waals surface area contributed by atoms with Crippen LogP contribution in [0.1, 0.15) is 268 Å². The minimum atomic E-state index is -0.318. The van der Waals surface area contributed by atoms with E-state index in [0.717, 1.165) is 35.2 Å². The summed E-state index contributed by atoms with van der Waals surface area (Å²) in [4.78, 5) is 3.50. The Labute approximate surface area is 619 Å². The van der Waals surface area contributed by atoms with E-state index in [1.807, 2.05) is 168 Å². The number of thiophene rings is 2. The van der Waals surface area contributed by atoms with Gasteiger partial charge in [0.05, 0.1) is 17.7 Å². The molecule has 6 atom stereocenters. The molecule has 0 aliphatic carbocycles. The number of hydrogen-bond donors (Lipinski definition) is 1. The summed E-state index contributed by atoms with van der Waals surface area (Å²) < 4.78 is 15.5. The van der Waals surface area contributed by atoms with E-state index in [0.29, 0.717) is 29.6 Å². The summed E-state index contributed by atoms with van der Waals surface area (Å²) in [6, 6.07) is 75.1. The van der Waals surface area contributed by atoms with Gasteiger partial charge >= 0.3 is 0 Å². The van der Waals surface area contributed by atoms with Gasteiger partial charge in [0.15, 0.2) is 0 Å². The maximum Gasteiger partial charge on any atom is 0.135 e. The van der Waals surface area contributed by atoms with E-state index in [1.165, 1.54) is 122 Å². The highest BCUT2D eigenvalue weighted by Gasteiger charge is 2.23. The highest BCUT2D eigenvalue weighted by molar-refractivity contribution is 7.26. The molecule has 5 heterocycles. The first-order valence-corrected chi connectivity index (χ1v) is 40.2. The first-order valence-electron chi connectivity index (χ1n) is 38.5. The molecule has 14 aromatic rings. The minimum Gasteiger partial charge on any atom is -0.464 e. The van der Waals surface area contributed by atoms with E-state index in [2.05, 4.69) is 243 Å². The second-order valence-corrected chi connectivity index (χ2v) is 26.3. The summed E-state index contributed by atoms with van der Waals surface area (Å²) in [7, 11) is 0. The smallest absolute Gasteiger partial charge is 0.135 e. The van der Waals surface area contributed by atoms with Crippen molar-refractivity contribution in [3.8, 4) is 6.07 Å². The summed E-state index contributed by atoms with van der Waals surface area (Å²) in [5.41, 5.74) is 13.4. The van der Waals surface area contributed by atoms with Crippen LogP contribution in [0.2, 0.25) is 0 Å². The van der Waals surface area contributed by atoms with Crippen LogP contribution in [-0.2, 0) is 5.41 Å². The zero-order chi connectivity index (χ0) is 75.0. The van der Waals surface area contributed by atoms with Crippen molar-refractivity contribution in [3.63, 3.8) is 0 Å². The number of para-hydroxylation sites is 2. The zero-order valence-electron chi connectivity index (χ0n) is 66.5. The van der Waals surface area contributed by atoms with Crippen molar-refractivity contribution in [2.24, 2.45) is 0 Å². The van der Waals surface area contributed by atoms with Gasteiger partial charge in [0.25, 0.3) is 0 Å². The molecule has 0 amide bonds. The van der Waals surface area contributed by atoms with Crippen molar-refractivity contribution in [2.75, 3.05) is 0 Å². The summed E-state index contributed by atoms with van der Waals surface area (Å²) in [6.45, 7) is 50.6. The molecule has 0 saturated carbocycles. The Balaban J connectivity index is 0.000000307. The third-order valence-corrected chi connectivity index (χ3v) is 20.7. The van der Waals surface area contributed by atoms with Crippen LogP contribution in [0, 0.1) is 11.3 Å². The van der Waals surface area contributed by atoms with E-state index in [9.17, 15) is 0 Å². The summed E-state index contributed by atoms with van der Waals surface area (Å²) in [6.07, 6.45) is 8.53. The first-order chi connectivity index (χ1) is 49.3. The normalized spacial score (nSPS) is 12.3. The summed E-state index contributed by atoms with van der Waals surface area (Å²) >= 11 is 3.75. The molecule has 0 radical (unpaired) electrons. The Morgan fingerprint density at radius 2 is 0.891 bits per heavy atom. The first kappa shape index (κ1) is 87.0. The topological polar surface area (TPSA) is 65.9 Å². The van der Waals surface area contributed by atoms with Gasteiger partial charge in [-0.2, -0.15) is 5.26 Å². The number of rotatable bonds is 12. The lowest BCUT2D eigenvalue weighted by atomic mass is 9.82. The molecule has 0 bridgehead atoms. The highest BCUT2D eigenvalue weighted by Crippen LogP contribution is 2.40. The van der Waals surface area contributed by atoms with Crippen molar-refractivity contribution in [3.05, 3.63) is 251 Å². The minimum absolute atomic E-state index is 0.318. The van der Waals surface area contributed by atoms with E-state index < -0.39 is 0 Å². The fraction of sp³-hybridized carbons (Fsp3) is 0.379. The molecule has 0 aliphatic rings. The maximum atomic E-state index is 8.99. The maximum absolute atomic E-state index is 8.99. The van der Waals surface area contributed by atoms with Crippen LogP contribution in [0.3, 0.4) is 0 Å². The van der Waals surface area contributed by atoms with E-state index in [1.54, 1.807) is 6.26 Å². The molecule has 6 heteroatoms. The SMILES string of the molecule is CC.CC.CC.CC.CC.CC.CCC(C)(C#N)c1ccccc1.CCC(C)c1ccc2c(c1)oc1ccccc12.CCC(C)c1ccc2ccoc2c1.CCC(C)c1ccc2sccc2c1.CCC(C)c1cccc2[nH]c3ccccc3c12.CCC(C)c1cccc2c1sc1ccccc12. The second kappa shape index (κ2) is 47.1. The molecule has 9 aromatic carbocycles. The number of benzene rings is 9. The summed E-state index contributed by atoms with van der Waals surface area (Å²) in [5, 5.41) is 21.7. The predicted molar refractivity (Wildman–Crippen MR) is 458 cm³/mol. The number of aromatic amines is 1. The molecule has 0 spiro atoms. The average Bonchev–Trinajstić information content (AvgIpc) is 1.65. The number of aromatic nitrogens is 1. The third-order valence-electron chi connectivity index (χ3n) is 18.6. The molecule has 0 aliphatic heterocycles. The van der Waals surface area contributed by atoms with Gasteiger partial charge in [-0.05, 0) is 174 Å². The Kier molecular flexibility index (Phi) is 40.5. The van der Waals surface area contributed by atoms with Gasteiger partial charge in [0.1, 0.15) is 16.7 Å². The summed E-state index contributed by atoms with van der Waals surface area (Å²) in [5.74, 6) is 3.15. The number of H-pyrrole nitrogens is 1. The molecule has 6 unspecified atom stereocenters. The Morgan fingerprint density at radius 3 is 1.50 bits per heavy atom. The van der Waals surface area contributed by atoms with Crippen molar-refractivity contribution in [2.45, 2.75) is 240 Å². The molecular weight excluding hydrogens is 1270 g/mol. The van der Waals surface area contributed by atoms with Gasteiger partial charge in [0.2, 0.25) is 0 Å². The molecule has 4 nitrogen and oxygen atoms in total. The monoisotopic (exact) mass is 1390 g/mol. The fourth-order valence-electron chi connectivity index (χ4n) is 11.4. The molecule has 1 N–H and O–H groups in total. The van der Waals surface area contributed by atoms with Gasteiger partial charge in [-0.3, -0.25) is 0 Å². The predicted octanol–water partition coefficient (Wildman–Crippen LogP) is 32.9. The van der Waals surface area contributed by atoms with Crippen molar-refractivity contribution < 1.29 is 8.83 Å². The van der Waals surface area contributed by atoms with Crippen molar-refractivity contribution in [1.29, 1.82) is 5.26 Å². The van der Waals surface area contributed by atoms with E-state index in [4.69, 9.17) is 14.1 Å². The molecule has 101 heavy (non-hydrogen) atoms. The standard InChI is InChI=1S/C16H17N.C16H16O.C16H16S.C12H14O.C12H14S.C11H13N.6C2H6/c1-3-11(2)12-8-6-10-15-16(12)13-7-4-5-9-14(13)17-15;1-3-11(2)12-8-9-14-13-6-4-5-7-15(13)17-16(14)10-12;1-3-11(2)12-8-6-9-14-13-7-4-5-10-15(13)17-16(12)14;1-3-9(2)11-5-4-10-6-7-13-12(10)8-11;1-3-9(2)10-4-5-12-11(8-10)6-7-13-12;1-3-11(2,9-12)10-7-5-4-6-8-10;6*1-2/h4-11,17H,3H2,1-2H3;2*4-11H,3H2,1-2H3;2*4-9H,3H2,1-2H3;4-8H,3H2,1-2H3;6*1-2H3. The average molecular weight is 1390 g/mol. The van der Waals surface area contributed by atoms with Crippen molar-refractivity contribution in [1.82, 2.24) is 4.98 Å². The molecular formula is C95H126N2O2S2. The second-order valence-electron chi connectivity index (χ2n) is 24.3. The Hall–Kier alpha value is -8.21. The molecule has 0 fully saturated rings. The fourth-order valence-corrected chi connectivity index (χ4v) is 13.5. The van der Waals surface area contributed by atoms with Crippen LogP contribution in [0.5, 0.6) is 0 Å². The third kappa shape index (κ3) is 23.4. The molecule has 0 saturated heterocycles. The Morgan fingerprint density at radius 1 is 0.406 bits per heavy atom. The van der Waals surface area contributed by atoms with E-state index in [-0.39, 0.29) is 5.41 Å². The number of furan rings is 2. The van der Waals surface area contributed by atoms with Crippen LogP contribution in [0.25, 0.3) is 85.0 Å². The van der Waals surface area contributed by atoms with Crippen LogP contribution in [0.4, 0.5) is 0 Å². The van der Waals surface area contributed by atoms with Crippen LogP contribution < -0.4 is 0 Å². The van der Waals surface area contributed by atoms with Gasteiger partial charge in [-0.25, -0.2) is 0 Å². The van der Waals surface area contributed by atoms with Crippen LogP contribution in [-0.4, -0.2) is 4.98 Å². The molecule has 14 rings (SSSR count). The van der Waals surface area contributed by atoms with Crippen LogP contribution >= 0.6 is 22.7 Å². The Bertz CT molecular complexity index is 4480. The van der Waals surface area contributed by atoms with Crippen LogP contribution in [0.15, 0.2) is 227 Å². The number of nitrogens with one attached hydrogen (secondary N) is 1. The molecule has 5 aromatic heterocycles. The number of nitriles is 1. The van der Waals surface area contributed by atoms with Crippen molar-refractivity contribution >= 4 is 108 Å². The lowest BCUT2D eigenvalue weighted by Gasteiger charge is -2.19. The van der Waals surface area contributed by atoms with Gasteiger partial charge in [0, 0.05) is 62.8 Å². The van der Waals surface area contributed by atoms with Gasteiger partial charge < -0.3 is 13.8 Å². The number of fused-ring (bicyclic) bond motifs is 11. The lowest BCUT2D eigenvalue weighted by Crippen LogP contribution is -2.17. The highest BCUT2D eigenvalue weighted by atomic mass is 32.1. The number of nitrogens with zero attached hydrogens (tertiary/aromatic N) is 1. The van der Waals surface area contributed by atoms with E-state index >= 15 is 0 Å². The van der Waals surface area contributed by atoms with Gasteiger partial charge in [-0.15, -0.1) is 22.7 Å².